The van der Waals surface area contributed by atoms with E-state index in [1.54, 1.807) is 20.4 Å². The zero-order valence-electron chi connectivity index (χ0n) is 14.6. The Labute approximate surface area is 147 Å². The van der Waals surface area contributed by atoms with Gasteiger partial charge in [-0.2, -0.15) is 0 Å². The summed E-state index contributed by atoms with van der Waals surface area (Å²) in [6.45, 7) is 1.15. The number of carbonyl (C=O) groups excluding carboxylic acids is 1. The monoisotopic (exact) mass is 341 g/mol. The molecule has 0 bridgehead atoms. The number of amides is 2. The summed E-state index contributed by atoms with van der Waals surface area (Å²) in [4.78, 5) is 18.7. The molecule has 6 nitrogen and oxygen atoms in total. The van der Waals surface area contributed by atoms with Crippen molar-refractivity contribution in [2.45, 2.75) is 25.4 Å². The second-order valence-corrected chi connectivity index (χ2v) is 5.94. The predicted octanol–water partition coefficient (Wildman–Crippen LogP) is 3.15. The number of likely N-dealkylation sites (tertiary alicyclic amines) is 1. The SMILES string of the molecule is COc1ccc([C@@H]2CCCN2C(=O)NCc2ccccn2)c(OC)c1. The maximum absolute atomic E-state index is 12.6. The van der Waals surface area contributed by atoms with E-state index < -0.39 is 0 Å². The first-order valence-electron chi connectivity index (χ1n) is 8.39. The van der Waals surface area contributed by atoms with Crippen LogP contribution in [-0.4, -0.2) is 36.7 Å². The first kappa shape index (κ1) is 17.1. The number of nitrogens with one attached hydrogen (secondary N) is 1. The van der Waals surface area contributed by atoms with E-state index in [0.717, 1.165) is 42.1 Å². The highest BCUT2D eigenvalue weighted by molar-refractivity contribution is 5.75. The van der Waals surface area contributed by atoms with E-state index >= 15 is 0 Å². The first-order valence-corrected chi connectivity index (χ1v) is 8.39. The number of nitrogens with zero attached hydrogens (tertiary/aromatic N) is 2. The minimum atomic E-state index is -0.0778. The Morgan fingerprint density at radius 1 is 1.28 bits per heavy atom. The van der Waals surface area contributed by atoms with Crippen molar-refractivity contribution in [3.63, 3.8) is 0 Å². The molecular weight excluding hydrogens is 318 g/mol. The van der Waals surface area contributed by atoms with Crippen LogP contribution in [0.3, 0.4) is 0 Å². The molecule has 0 saturated carbocycles. The quantitative estimate of drug-likeness (QED) is 0.907. The third kappa shape index (κ3) is 3.84. The summed E-state index contributed by atoms with van der Waals surface area (Å²) in [6, 6.07) is 11.3. The Morgan fingerprint density at radius 3 is 2.88 bits per heavy atom. The molecule has 3 rings (SSSR count). The fourth-order valence-electron chi connectivity index (χ4n) is 3.20. The first-order chi connectivity index (χ1) is 12.2. The van der Waals surface area contributed by atoms with Crippen LogP contribution in [0, 0.1) is 0 Å². The highest BCUT2D eigenvalue weighted by Gasteiger charge is 2.31. The van der Waals surface area contributed by atoms with Gasteiger partial charge in [0.25, 0.3) is 0 Å². The van der Waals surface area contributed by atoms with Crippen LogP contribution in [0.25, 0.3) is 0 Å². The fourth-order valence-corrected chi connectivity index (χ4v) is 3.20. The number of hydrogen-bond donors (Lipinski definition) is 1. The fraction of sp³-hybridized carbons (Fsp3) is 0.368. The van der Waals surface area contributed by atoms with Gasteiger partial charge in [-0.1, -0.05) is 6.07 Å². The van der Waals surface area contributed by atoms with Crippen LogP contribution < -0.4 is 14.8 Å². The zero-order chi connectivity index (χ0) is 17.6. The predicted molar refractivity (Wildman–Crippen MR) is 94.7 cm³/mol. The highest BCUT2D eigenvalue weighted by atomic mass is 16.5. The van der Waals surface area contributed by atoms with Gasteiger partial charge in [0.15, 0.2) is 0 Å². The number of aromatic nitrogens is 1. The van der Waals surface area contributed by atoms with E-state index in [1.165, 1.54) is 0 Å². The summed E-state index contributed by atoms with van der Waals surface area (Å²) in [7, 11) is 3.26. The number of methoxy groups -OCH3 is 2. The Bertz CT molecular complexity index is 721. The van der Waals surface area contributed by atoms with E-state index in [2.05, 4.69) is 10.3 Å². The highest BCUT2D eigenvalue weighted by Crippen LogP contribution is 2.38. The lowest BCUT2D eigenvalue weighted by molar-refractivity contribution is 0.191. The van der Waals surface area contributed by atoms with Gasteiger partial charge in [0, 0.05) is 24.4 Å². The molecule has 6 heteroatoms. The van der Waals surface area contributed by atoms with E-state index in [1.807, 2.05) is 41.3 Å². The van der Waals surface area contributed by atoms with Crippen molar-refractivity contribution in [2.75, 3.05) is 20.8 Å². The lowest BCUT2D eigenvalue weighted by atomic mass is 10.0. The van der Waals surface area contributed by atoms with Crippen molar-refractivity contribution in [1.29, 1.82) is 0 Å². The van der Waals surface area contributed by atoms with Crippen molar-refractivity contribution < 1.29 is 14.3 Å². The van der Waals surface area contributed by atoms with Gasteiger partial charge in [0.05, 0.1) is 32.5 Å². The van der Waals surface area contributed by atoms with Gasteiger partial charge in [0.1, 0.15) is 11.5 Å². The normalized spacial score (nSPS) is 16.6. The van der Waals surface area contributed by atoms with Crippen LogP contribution in [0.1, 0.15) is 30.1 Å². The van der Waals surface area contributed by atoms with E-state index in [0.29, 0.717) is 6.54 Å². The number of ether oxygens (including phenoxy) is 2. The van der Waals surface area contributed by atoms with Crippen LogP contribution in [0.4, 0.5) is 4.79 Å². The van der Waals surface area contributed by atoms with Gasteiger partial charge in [0.2, 0.25) is 0 Å². The Hall–Kier alpha value is -2.76. The lowest BCUT2D eigenvalue weighted by Crippen LogP contribution is -2.39. The molecule has 25 heavy (non-hydrogen) atoms. The lowest BCUT2D eigenvalue weighted by Gasteiger charge is -2.26. The van der Waals surface area contributed by atoms with Gasteiger partial charge in [-0.05, 0) is 37.1 Å². The molecule has 2 heterocycles. The van der Waals surface area contributed by atoms with Crippen molar-refractivity contribution in [3.8, 4) is 11.5 Å². The second kappa shape index (κ2) is 7.88. The second-order valence-electron chi connectivity index (χ2n) is 5.94. The minimum absolute atomic E-state index is 0.00425. The van der Waals surface area contributed by atoms with Gasteiger partial charge in [-0.25, -0.2) is 4.79 Å². The maximum Gasteiger partial charge on any atom is 0.318 e. The van der Waals surface area contributed by atoms with Crippen LogP contribution in [0.5, 0.6) is 11.5 Å². The number of hydrogen-bond acceptors (Lipinski definition) is 4. The summed E-state index contributed by atoms with van der Waals surface area (Å²) in [5.41, 5.74) is 1.85. The van der Waals surface area contributed by atoms with Crippen molar-refractivity contribution in [2.24, 2.45) is 0 Å². The van der Waals surface area contributed by atoms with Crippen molar-refractivity contribution >= 4 is 6.03 Å². The number of rotatable bonds is 5. The smallest absolute Gasteiger partial charge is 0.318 e. The molecule has 0 unspecified atom stereocenters. The summed E-state index contributed by atoms with van der Waals surface area (Å²) < 4.78 is 10.8. The number of pyridine rings is 1. The molecule has 0 aliphatic carbocycles. The molecule has 1 atom stereocenters. The molecule has 0 radical (unpaired) electrons. The van der Waals surface area contributed by atoms with Gasteiger partial charge in [-0.15, -0.1) is 0 Å². The molecule has 1 N–H and O–H groups in total. The molecule has 1 aliphatic rings. The molecule has 1 aliphatic heterocycles. The van der Waals surface area contributed by atoms with E-state index in [4.69, 9.17) is 9.47 Å². The molecule has 132 valence electrons. The zero-order valence-corrected chi connectivity index (χ0v) is 14.6. The van der Waals surface area contributed by atoms with E-state index in [9.17, 15) is 4.79 Å². The Balaban J connectivity index is 1.73. The Morgan fingerprint density at radius 2 is 2.16 bits per heavy atom. The number of urea groups is 1. The van der Waals surface area contributed by atoms with Gasteiger partial charge < -0.3 is 19.7 Å². The van der Waals surface area contributed by atoms with Gasteiger partial charge >= 0.3 is 6.03 Å². The summed E-state index contributed by atoms with van der Waals surface area (Å²) in [5.74, 6) is 1.48. The molecule has 2 aromatic rings. The molecule has 1 saturated heterocycles. The van der Waals surface area contributed by atoms with Crippen LogP contribution in [0.15, 0.2) is 42.6 Å². The van der Waals surface area contributed by atoms with E-state index in [-0.39, 0.29) is 12.1 Å². The topological polar surface area (TPSA) is 63.7 Å². The van der Waals surface area contributed by atoms with Crippen LogP contribution in [0.2, 0.25) is 0 Å². The standard InChI is InChI=1S/C19H23N3O3/c1-24-15-8-9-16(18(12-15)25-2)17-7-5-11-22(17)19(23)21-13-14-6-3-4-10-20-14/h3-4,6,8-10,12,17H,5,7,11,13H2,1-2H3,(H,21,23)/t17-/m0/s1. The summed E-state index contributed by atoms with van der Waals surface area (Å²) in [5, 5.41) is 2.96. The van der Waals surface area contributed by atoms with Crippen molar-refractivity contribution in [1.82, 2.24) is 15.2 Å². The largest absolute Gasteiger partial charge is 0.497 e. The summed E-state index contributed by atoms with van der Waals surface area (Å²) >= 11 is 0. The molecule has 1 fully saturated rings. The third-order valence-electron chi connectivity index (χ3n) is 4.46. The molecule has 2 amide bonds. The molecule has 1 aromatic carbocycles. The molecular formula is C19H23N3O3. The maximum atomic E-state index is 12.6. The average molecular weight is 341 g/mol. The average Bonchev–Trinajstić information content (AvgIpc) is 3.16. The third-order valence-corrected chi connectivity index (χ3v) is 4.46. The summed E-state index contributed by atoms with van der Waals surface area (Å²) in [6.07, 6.45) is 3.61. The Kier molecular flexibility index (Phi) is 5.38. The van der Waals surface area contributed by atoms with Crippen molar-refractivity contribution in [3.05, 3.63) is 53.9 Å². The minimum Gasteiger partial charge on any atom is -0.497 e. The number of carbonyl (C=O) groups is 1. The molecule has 1 aromatic heterocycles. The molecule has 0 spiro atoms. The van der Waals surface area contributed by atoms with Gasteiger partial charge in [-0.3, -0.25) is 4.98 Å². The number of benzene rings is 1. The van der Waals surface area contributed by atoms with Crippen LogP contribution >= 0.6 is 0 Å². The van der Waals surface area contributed by atoms with Crippen LogP contribution in [-0.2, 0) is 6.54 Å².